The summed E-state index contributed by atoms with van der Waals surface area (Å²) in [6.07, 6.45) is 0. The highest BCUT2D eigenvalue weighted by atomic mass is 32.2. The van der Waals surface area contributed by atoms with Crippen LogP contribution in [0.3, 0.4) is 0 Å². The van der Waals surface area contributed by atoms with Crippen molar-refractivity contribution in [3.63, 3.8) is 0 Å². The van der Waals surface area contributed by atoms with Gasteiger partial charge in [0.05, 0.1) is 10.6 Å². The standard InChI is InChI=1S/C20H18N2O3S/c1-13-9-10-14(2)16(11-13)21-19(23)12-22-17-7-3-5-15-6-4-8-18(20(15)17)26(22,24)25/h3-11H,12H2,1-2H3,(H,21,23). The Kier molecular flexibility index (Phi) is 3.73. The highest BCUT2D eigenvalue weighted by Crippen LogP contribution is 2.41. The lowest BCUT2D eigenvalue weighted by atomic mass is 10.1. The fourth-order valence-corrected chi connectivity index (χ4v) is 4.99. The minimum Gasteiger partial charge on any atom is -0.324 e. The SMILES string of the molecule is Cc1ccc(C)c(NC(=O)CN2c3cccc4cccc(c34)S2(=O)=O)c1. The number of rotatable bonds is 3. The molecule has 0 bridgehead atoms. The van der Waals surface area contributed by atoms with Gasteiger partial charge in [-0.25, -0.2) is 8.42 Å². The largest absolute Gasteiger partial charge is 0.324 e. The van der Waals surface area contributed by atoms with Crippen LogP contribution in [0.5, 0.6) is 0 Å². The highest BCUT2D eigenvalue weighted by molar-refractivity contribution is 7.93. The second-order valence-electron chi connectivity index (χ2n) is 6.51. The number of sulfonamides is 1. The molecule has 0 radical (unpaired) electrons. The molecule has 1 heterocycles. The Morgan fingerprint density at radius 1 is 1.04 bits per heavy atom. The maximum absolute atomic E-state index is 12.9. The first-order valence-corrected chi connectivity index (χ1v) is 9.73. The third-order valence-corrected chi connectivity index (χ3v) is 6.44. The lowest BCUT2D eigenvalue weighted by molar-refractivity contribution is -0.114. The van der Waals surface area contributed by atoms with E-state index in [1.807, 2.05) is 44.2 Å². The first-order valence-electron chi connectivity index (χ1n) is 8.29. The molecule has 3 aromatic carbocycles. The van der Waals surface area contributed by atoms with E-state index in [0.717, 1.165) is 16.5 Å². The number of amides is 1. The van der Waals surface area contributed by atoms with Crippen molar-refractivity contribution >= 4 is 38.1 Å². The van der Waals surface area contributed by atoms with Crippen LogP contribution in [0.15, 0.2) is 59.5 Å². The molecular weight excluding hydrogens is 348 g/mol. The van der Waals surface area contributed by atoms with Crippen LogP contribution >= 0.6 is 0 Å². The number of carbonyl (C=O) groups is 1. The predicted molar refractivity (Wildman–Crippen MR) is 103 cm³/mol. The van der Waals surface area contributed by atoms with Crippen LogP contribution in [-0.4, -0.2) is 20.9 Å². The minimum atomic E-state index is -3.73. The number of nitrogens with one attached hydrogen (secondary N) is 1. The summed E-state index contributed by atoms with van der Waals surface area (Å²) in [7, 11) is -3.73. The summed E-state index contributed by atoms with van der Waals surface area (Å²) in [5.74, 6) is -0.368. The van der Waals surface area contributed by atoms with Crippen molar-refractivity contribution in [2.45, 2.75) is 18.7 Å². The fraction of sp³-hybridized carbons (Fsp3) is 0.150. The van der Waals surface area contributed by atoms with E-state index >= 15 is 0 Å². The van der Waals surface area contributed by atoms with E-state index in [9.17, 15) is 13.2 Å². The molecule has 4 rings (SSSR count). The molecule has 1 aliphatic heterocycles. The summed E-state index contributed by atoms with van der Waals surface area (Å²) in [4.78, 5) is 12.8. The lowest BCUT2D eigenvalue weighted by Gasteiger charge is -2.19. The zero-order chi connectivity index (χ0) is 18.5. The molecule has 0 atom stereocenters. The topological polar surface area (TPSA) is 66.5 Å². The molecule has 0 spiro atoms. The monoisotopic (exact) mass is 366 g/mol. The molecule has 132 valence electrons. The lowest BCUT2D eigenvalue weighted by Crippen LogP contribution is -2.35. The Bertz CT molecular complexity index is 1150. The zero-order valence-corrected chi connectivity index (χ0v) is 15.3. The van der Waals surface area contributed by atoms with Crippen molar-refractivity contribution in [1.82, 2.24) is 0 Å². The van der Waals surface area contributed by atoms with Gasteiger partial charge < -0.3 is 5.32 Å². The van der Waals surface area contributed by atoms with Gasteiger partial charge in [0.1, 0.15) is 6.54 Å². The molecular formula is C20H18N2O3S. The van der Waals surface area contributed by atoms with Crippen molar-refractivity contribution in [3.8, 4) is 0 Å². The van der Waals surface area contributed by atoms with E-state index in [1.54, 1.807) is 24.3 Å². The summed E-state index contributed by atoms with van der Waals surface area (Å²) < 4.78 is 27.0. The average Bonchev–Trinajstić information content (AvgIpc) is 2.82. The third-order valence-electron chi connectivity index (χ3n) is 4.64. The van der Waals surface area contributed by atoms with Gasteiger partial charge in [-0.05, 0) is 48.6 Å². The molecule has 0 aliphatic carbocycles. The van der Waals surface area contributed by atoms with Crippen LogP contribution in [-0.2, 0) is 14.8 Å². The molecule has 6 heteroatoms. The van der Waals surface area contributed by atoms with Crippen molar-refractivity contribution in [2.24, 2.45) is 0 Å². The van der Waals surface area contributed by atoms with E-state index in [0.29, 0.717) is 16.8 Å². The van der Waals surface area contributed by atoms with Crippen molar-refractivity contribution < 1.29 is 13.2 Å². The van der Waals surface area contributed by atoms with Gasteiger partial charge in [0, 0.05) is 11.1 Å². The Balaban J connectivity index is 1.68. The fourth-order valence-electron chi connectivity index (χ4n) is 3.32. The maximum Gasteiger partial charge on any atom is 0.265 e. The molecule has 1 N–H and O–H groups in total. The van der Waals surface area contributed by atoms with E-state index in [4.69, 9.17) is 0 Å². The number of nitrogens with zero attached hydrogens (tertiary/aromatic N) is 1. The number of hydrogen-bond donors (Lipinski definition) is 1. The normalized spacial score (nSPS) is 14.6. The van der Waals surface area contributed by atoms with Gasteiger partial charge in [0.25, 0.3) is 10.0 Å². The Morgan fingerprint density at radius 2 is 1.77 bits per heavy atom. The van der Waals surface area contributed by atoms with Gasteiger partial charge in [-0.3, -0.25) is 9.10 Å². The number of anilines is 2. The number of aryl methyl sites for hydroxylation is 2. The van der Waals surface area contributed by atoms with Gasteiger partial charge in [0.15, 0.2) is 0 Å². The van der Waals surface area contributed by atoms with Gasteiger partial charge in [-0.15, -0.1) is 0 Å². The second kappa shape index (κ2) is 5.85. The number of benzene rings is 3. The molecule has 5 nitrogen and oxygen atoms in total. The van der Waals surface area contributed by atoms with Crippen molar-refractivity contribution in [2.75, 3.05) is 16.2 Å². The molecule has 0 aromatic heterocycles. The smallest absolute Gasteiger partial charge is 0.265 e. The van der Waals surface area contributed by atoms with Gasteiger partial charge >= 0.3 is 0 Å². The molecule has 3 aromatic rings. The number of carbonyl (C=O) groups excluding carboxylic acids is 1. The van der Waals surface area contributed by atoms with Crippen molar-refractivity contribution in [3.05, 3.63) is 65.7 Å². The summed E-state index contributed by atoms with van der Waals surface area (Å²) in [5, 5.41) is 4.35. The highest BCUT2D eigenvalue weighted by Gasteiger charge is 2.36. The van der Waals surface area contributed by atoms with E-state index < -0.39 is 10.0 Å². The summed E-state index contributed by atoms with van der Waals surface area (Å²) in [6.45, 7) is 3.58. The molecule has 0 saturated carbocycles. The predicted octanol–water partition coefficient (Wildman–Crippen LogP) is 3.60. The Labute approximate surface area is 152 Å². The quantitative estimate of drug-likeness (QED) is 0.770. The average molecular weight is 366 g/mol. The van der Waals surface area contributed by atoms with Gasteiger partial charge in [-0.1, -0.05) is 36.4 Å². The Morgan fingerprint density at radius 3 is 2.54 bits per heavy atom. The summed E-state index contributed by atoms with van der Waals surface area (Å²) >= 11 is 0. The van der Waals surface area contributed by atoms with Crippen LogP contribution in [0.2, 0.25) is 0 Å². The van der Waals surface area contributed by atoms with Crippen LogP contribution in [0, 0.1) is 13.8 Å². The second-order valence-corrected chi connectivity index (χ2v) is 8.34. The Hall–Kier alpha value is -2.86. The number of hydrogen-bond acceptors (Lipinski definition) is 3. The first kappa shape index (κ1) is 16.6. The molecule has 1 amide bonds. The van der Waals surface area contributed by atoms with E-state index in [-0.39, 0.29) is 17.3 Å². The van der Waals surface area contributed by atoms with Crippen LogP contribution in [0.1, 0.15) is 11.1 Å². The molecule has 0 unspecified atom stereocenters. The zero-order valence-electron chi connectivity index (χ0n) is 14.5. The van der Waals surface area contributed by atoms with Gasteiger partial charge in [-0.2, -0.15) is 0 Å². The molecule has 26 heavy (non-hydrogen) atoms. The maximum atomic E-state index is 12.9. The van der Waals surface area contributed by atoms with Crippen LogP contribution in [0.25, 0.3) is 10.8 Å². The van der Waals surface area contributed by atoms with E-state index in [2.05, 4.69) is 5.32 Å². The summed E-state index contributed by atoms with van der Waals surface area (Å²) in [5.41, 5.74) is 3.20. The molecule has 0 saturated heterocycles. The van der Waals surface area contributed by atoms with Crippen LogP contribution < -0.4 is 9.62 Å². The van der Waals surface area contributed by atoms with E-state index in [1.165, 1.54) is 4.31 Å². The van der Waals surface area contributed by atoms with Crippen LogP contribution in [0.4, 0.5) is 11.4 Å². The summed E-state index contributed by atoms with van der Waals surface area (Å²) in [6, 6.07) is 16.4. The molecule has 0 fully saturated rings. The van der Waals surface area contributed by atoms with Crippen molar-refractivity contribution in [1.29, 1.82) is 0 Å². The first-order chi connectivity index (χ1) is 12.4. The third kappa shape index (κ3) is 2.54. The van der Waals surface area contributed by atoms with Gasteiger partial charge in [0.2, 0.25) is 5.91 Å². The minimum absolute atomic E-state index is 0.255. The molecule has 1 aliphatic rings.